The summed E-state index contributed by atoms with van der Waals surface area (Å²) in [6, 6.07) is 13.8. The van der Waals surface area contributed by atoms with Crippen molar-refractivity contribution in [3.63, 3.8) is 0 Å². The minimum atomic E-state index is -0.412. The van der Waals surface area contributed by atoms with Crippen molar-refractivity contribution in [3.8, 4) is 0 Å². The lowest BCUT2D eigenvalue weighted by molar-refractivity contribution is -0.128. The second-order valence-electron chi connectivity index (χ2n) is 9.68. The van der Waals surface area contributed by atoms with Crippen LogP contribution in [0, 0.1) is 11.8 Å². The van der Waals surface area contributed by atoms with Crippen LogP contribution in [-0.2, 0) is 17.9 Å². The number of allylic oxidation sites excluding steroid dienone is 1. The smallest absolute Gasteiger partial charge is 0.258 e. The van der Waals surface area contributed by atoms with Crippen LogP contribution in [0.5, 0.6) is 0 Å². The van der Waals surface area contributed by atoms with Crippen LogP contribution in [0.25, 0.3) is 6.08 Å². The molecule has 4 atom stereocenters. The van der Waals surface area contributed by atoms with E-state index in [1.54, 1.807) is 0 Å². The number of pyridine rings is 1. The van der Waals surface area contributed by atoms with Gasteiger partial charge < -0.3 is 15.0 Å². The number of carbonyl (C=O) groups is 1. The molecule has 3 aliphatic rings. The molecule has 33 heavy (non-hydrogen) atoms. The Morgan fingerprint density at radius 2 is 1.91 bits per heavy atom. The fourth-order valence-corrected chi connectivity index (χ4v) is 6.26. The van der Waals surface area contributed by atoms with Gasteiger partial charge in [-0.25, -0.2) is 0 Å². The molecule has 0 radical (unpaired) electrons. The molecule has 6 heteroatoms. The molecule has 2 N–H and O–H groups in total. The first-order chi connectivity index (χ1) is 16.1. The molecule has 174 valence electrons. The summed E-state index contributed by atoms with van der Waals surface area (Å²) in [4.78, 5) is 29.0. The first-order valence-electron chi connectivity index (χ1n) is 12.2. The van der Waals surface area contributed by atoms with E-state index in [2.05, 4.69) is 22.3 Å². The van der Waals surface area contributed by atoms with Gasteiger partial charge in [0.2, 0.25) is 5.91 Å². The zero-order chi connectivity index (χ0) is 22.9. The van der Waals surface area contributed by atoms with E-state index in [0.29, 0.717) is 18.7 Å². The van der Waals surface area contributed by atoms with E-state index in [9.17, 15) is 14.7 Å². The van der Waals surface area contributed by atoms with Gasteiger partial charge in [0.25, 0.3) is 5.56 Å². The third kappa shape index (κ3) is 3.96. The molecular weight excluding hydrogens is 414 g/mol. The van der Waals surface area contributed by atoms with Crippen LogP contribution in [0.2, 0.25) is 0 Å². The maximum atomic E-state index is 13.6. The van der Waals surface area contributed by atoms with Crippen LogP contribution >= 0.6 is 0 Å². The molecule has 1 aliphatic carbocycles. The fraction of sp³-hybridized carbons (Fsp3) is 0.481. The number of likely N-dealkylation sites (tertiary alicyclic amines) is 1. The van der Waals surface area contributed by atoms with Crippen LogP contribution < -0.4 is 10.9 Å². The van der Waals surface area contributed by atoms with Crippen molar-refractivity contribution in [2.75, 3.05) is 6.61 Å². The molecule has 1 amide bonds. The van der Waals surface area contributed by atoms with E-state index < -0.39 is 6.04 Å². The number of nitrogens with zero attached hydrogens (tertiary/aromatic N) is 2. The summed E-state index contributed by atoms with van der Waals surface area (Å²) in [5.41, 5.74) is 2.75. The predicted octanol–water partition coefficient (Wildman–Crippen LogP) is 3.10. The maximum absolute atomic E-state index is 13.6. The molecule has 1 saturated carbocycles. The minimum absolute atomic E-state index is 0.00306. The van der Waals surface area contributed by atoms with Crippen molar-refractivity contribution in [3.05, 3.63) is 75.7 Å². The van der Waals surface area contributed by atoms with Gasteiger partial charge in [-0.15, -0.1) is 0 Å². The van der Waals surface area contributed by atoms with Gasteiger partial charge in [-0.2, -0.15) is 0 Å². The van der Waals surface area contributed by atoms with Crippen molar-refractivity contribution in [1.82, 2.24) is 14.8 Å². The summed E-state index contributed by atoms with van der Waals surface area (Å²) in [5.74, 6) is -0.179. The SMILES string of the molecule is C/C=C/c1ccc2n(c1=O)C[C@H]1[C@H](CO)[C@@H](C(=O)NC3CCCC3)N(Cc3ccccc3)[C@@H]21. The molecule has 0 bridgehead atoms. The molecule has 0 spiro atoms. The Kier molecular flexibility index (Phi) is 6.21. The highest BCUT2D eigenvalue weighted by atomic mass is 16.3. The second kappa shape index (κ2) is 9.27. The van der Waals surface area contributed by atoms with Crippen LogP contribution in [0.4, 0.5) is 0 Å². The summed E-state index contributed by atoms with van der Waals surface area (Å²) in [6.07, 6.45) is 8.08. The molecular formula is C27H33N3O3. The van der Waals surface area contributed by atoms with Crippen molar-refractivity contribution >= 4 is 12.0 Å². The van der Waals surface area contributed by atoms with Gasteiger partial charge in [0.1, 0.15) is 0 Å². The fourth-order valence-electron chi connectivity index (χ4n) is 6.26. The number of benzene rings is 1. The third-order valence-corrected chi connectivity index (χ3v) is 7.74. The molecule has 0 unspecified atom stereocenters. The molecule has 1 saturated heterocycles. The predicted molar refractivity (Wildman–Crippen MR) is 128 cm³/mol. The molecule has 3 heterocycles. The Labute approximate surface area is 194 Å². The summed E-state index contributed by atoms with van der Waals surface area (Å²) in [7, 11) is 0. The van der Waals surface area contributed by atoms with Gasteiger partial charge >= 0.3 is 0 Å². The minimum Gasteiger partial charge on any atom is -0.396 e. The molecule has 5 rings (SSSR count). The number of amides is 1. The summed E-state index contributed by atoms with van der Waals surface area (Å²) in [6.45, 7) is 2.97. The van der Waals surface area contributed by atoms with Gasteiger partial charge in [-0.3, -0.25) is 14.5 Å². The lowest BCUT2D eigenvalue weighted by Crippen LogP contribution is -2.50. The zero-order valence-corrected chi connectivity index (χ0v) is 19.2. The van der Waals surface area contributed by atoms with Crippen molar-refractivity contribution < 1.29 is 9.90 Å². The molecule has 6 nitrogen and oxygen atoms in total. The number of fused-ring (bicyclic) bond motifs is 3. The zero-order valence-electron chi connectivity index (χ0n) is 19.2. The van der Waals surface area contributed by atoms with Crippen molar-refractivity contribution in [2.45, 2.75) is 63.8 Å². The largest absolute Gasteiger partial charge is 0.396 e. The third-order valence-electron chi connectivity index (χ3n) is 7.74. The van der Waals surface area contributed by atoms with Crippen molar-refractivity contribution in [2.24, 2.45) is 11.8 Å². The number of hydrogen-bond donors (Lipinski definition) is 2. The lowest BCUT2D eigenvalue weighted by Gasteiger charge is -2.31. The molecule has 2 aliphatic heterocycles. The van der Waals surface area contributed by atoms with E-state index in [1.165, 1.54) is 0 Å². The normalized spacial score (nSPS) is 27.2. The number of aliphatic hydroxyl groups is 1. The van der Waals surface area contributed by atoms with Crippen LogP contribution in [0.3, 0.4) is 0 Å². The molecule has 1 aromatic heterocycles. The highest BCUT2D eigenvalue weighted by Crippen LogP contribution is 2.49. The van der Waals surface area contributed by atoms with Crippen molar-refractivity contribution in [1.29, 1.82) is 0 Å². The Balaban J connectivity index is 1.54. The van der Waals surface area contributed by atoms with Crippen LogP contribution in [0.15, 0.2) is 53.3 Å². The standard InChI is InChI=1S/C27H33N3O3/c1-2-8-19-13-14-23-24-21(16-29(23)27(19)33)22(17-31)25(26(32)28-20-11-6-7-12-20)30(24)15-18-9-4-3-5-10-18/h2-5,8-10,13-14,20-22,24-25,31H,6-7,11-12,15-17H2,1H3,(H,28,32)/b8-2+/t21-,22-,24+,25-/m0/s1. The average molecular weight is 448 g/mol. The number of nitrogens with one attached hydrogen (secondary N) is 1. The van der Waals surface area contributed by atoms with E-state index >= 15 is 0 Å². The van der Waals surface area contributed by atoms with Gasteiger partial charge in [-0.1, -0.05) is 55.3 Å². The lowest BCUT2D eigenvalue weighted by atomic mass is 9.88. The summed E-state index contributed by atoms with van der Waals surface area (Å²) < 4.78 is 1.86. The Hall–Kier alpha value is -2.70. The average Bonchev–Trinajstić information content (AvgIpc) is 3.53. The Bertz CT molecular complexity index is 1090. The topological polar surface area (TPSA) is 74.6 Å². The summed E-state index contributed by atoms with van der Waals surface area (Å²) in [5, 5.41) is 13.7. The Morgan fingerprint density at radius 3 is 2.61 bits per heavy atom. The maximum Gasteiger partial charge on any atom is 0.258 e. The molecule has 2 aromatic rings. The van der Waals surface area contributed by atoms with Gasteiger partial charge in [-0.05, 0) is 37.5 Å². The van der Waals surface area contributed by atoms with E-state index in [4.69, 9.17) is 0 Å². The van der Waals surface area contributed by atoms with Crippen LogP contribution in [0.1, 0.15) is 55.5 Å². The van der Waals surface area contributed by atoms with E-state index in [-0.39, 0.29) is 42.0 Å². The van der Waals surface area contributed by atoms with Gasteiger partial charge in [0, 0.05) is 48.8 Å². The highest BCUT2D eigenvalue weighted by Gasteiger charge is 2.55. The number of rotatable bonds is 6. The second-order valence-corrected chi connectivity index (χ2v) is 9.68. The first-order valence-corrected chi connectivity index (χ1v) is 12.2. The molecule has 2 fully saturated rings. The van der Waals surface area contributed by atoms with Gasteiger partial charge in [0.15, 0.2) is 0 Å². The number of carbonyl (C=O) groups excluding carboxylic acids is 1. The highest BCUT2D eigenvalue weighted by molar-refractivity contribution is 5.83. The first kappa shape index (κ1) is 22.1. The quantitative estimate of drug-likeness (QED) is 0.714. The Morgan fingerprint density at radius 1 is 1.15 bits per heavy atom. The summed E-state index contributed by atoms with van der Waals surface area (Å²) >= 11 is 0. The molecule has 1 aromatic carbocycles. The van der Waals surface area contributed by atoms with E-state index in [0.717, 1.165) is 36.9 Å². The monoisotopic (exact) mass is 447 g/mol. The number of aliphatic hydroxyl groups excluding tert-OH is 1. The van der Waals surface area contributed by atoms with E-state index in [1.807, 2.05) is 54.0 Å². The number of aromatic nitrogens is 1. The van der Waals surface area contributed by atoms with Crippen LogP contribution in [-0.4, -0.2) is 39.2 Å². The van der Waals surface area contributed by atoms with Gasteiger partial charge in [0.05, 0.1) is 12.1 Å². The number of hydrogen-bond acceptors (Lipinski definition) is 4.